The Hall–Kier alpha value is -3.09. The second kappa shape index (κ2) is 8.34. The average molecular weight is 426 g/mol. The molecule has 2 amide bonds. The number of aliphatic hydroxyl groups excluding tert-OH is 1. The molecular formula is C21H23N5O3S. The van der Waals surface area contributed by atoms with Crippen LogP contribution in [0.3, 0.4) is 0 Å². The highest BCUT2D eigenvalue weighted by Gasteiger charge is 2.26. The van der Waals surface area contributed by atoms with Crippen molar-refractivity contribution >= 4 is 27.3 Å². The monoisotopic (exact) mass is 425 g/mol. The zero-order valence-corrected chi connectivity index (χ0v) is 17.2. The molecule has 0 aromatic heterocycles. The van der Waals surface area contributed by atoms with E-state index in [0.29, 0.717) is 5.69 Å². The van der Waals surface area contributed by atoms with E-state index in [1.54, 1.807) is 18.3 Å². The Morgan fingerprint density at radius 1 is 1.13 bits per heavy atom. The number of amides is 2. The van der Waals surface area contributed by atoms with Crippen molar-refractivity contribution in [1.82, 2.24) is 4.72 Å². The molecule has 9 heteroatoms. The van der Waals surface area contributed by atoms with Gasteiger partial charge in [0.25, 0.3) is 0 Å². The maximum Gasteiger partial charge on any atom is 0.331 e. The molecule has 2 aromatic carbocycles. The Balaban J connectivity index is 1.64. The number of carbonyl (C=O) groups excluding carboxylic acids is 1. The van der Waals surface area contributed by atoms with Crippen molar-refractivity contribution in [2.45, 2.75) is 43.4 Å². The lowest BCUT2D eigenvalue weighted by Crippen LogP contribution is -2.34. The number of hydrogen-bond donors (Lipinski definition) is 4. The highest BCUT2D eigenvalue weighted by molar-refractivity contribution is 7.92. The van der Waals surface area contributed by atoms with Crippen LogP contribution < -0.4 is 15.4 Å². The van der Waals surface area contributed by atoms with Crippen molar-refractivity contribution in [3.63, 3.8) is 0 Å². The van der Waals surface area contributed by atoms with E-state index in [4.69, 9.17) is 10.4 Å². The van der Waals surface area contributed by atoms with Gasteiger partial charge in [-0.1, -0.05) is 16.5 Å². The first-order valence-corrected chi connectivity index (χ1v) is 11.4. The van der Waals surface area contributed by atoms with E-state index in [2.05, 4.69) is 25.8 Å². The summed E-state index contributed by atoms with van der Waals surface area (Å²) in [6.07, 6.45) is 7.48. The summed E-state index contributed by atoms with van der Waals surface area (Å²) in [7, 11) is -3.53. The second-order valence-corrected chi connectivity index (χ2v) is 9.28. The van der Waals surface area contributed by atoms with Gasteiger partial charge < -0.3 is 15.7 Å². The van der Waals surface area contributed by atoms with Crippen LogP contribution in [0.25, 0.3) is 0 Å². The van der Waals surface area contributed by atoms with Gasteiger partial charge in [0, 0.05) is 11.4 Å². The minimum absolute atomic E-state index is 0.168. The van der Waals surface area contributed by atoms with Crippen LogP contribution in [0, 0.1) is 11.5 Å². The molecule has 0 saturated heterocycles. The number of carbonyl (C=O) groups is 1. The smallest absolute Gasteiger partial charge is 0.331 e. The topological polar surface area (TPSA) is 127 Å². The molecule has 2 aliphatic carbocycles. The zero-order chi connectivity index (χ0) is 21.1. The van der Waals surface area contributed by atoms with E-state index >= 15 is 0 Å². The van der Waals surface area contributed by atoms with Gasteiger partial charge in [0.1, 0.15) is 6.73 Å². The van der Waals surface area contributed by atoms with Gasteiger partial charge in [-0.2, -0.15) is 5.26 Å². The molecule has 0 spiro atoms. The predicted octanol–water partition coefficient (Wildman–Crippen LogP) is 3.07. The summed E-state index contributed by atoms with van der Waals surface area (Å²) >= 11 is 0. The van der Waals surface area contributed by atoms with Crippen LogP contribution in [0.5, 0.6) is 0 Å². The Kier molecular flexibility index (Phi) is 5.61. The number of rotatable bonds is 5. The third kappa shape index (κ3) is 3.84. The molecule has 1 atom stereocenters. The number of anilines is 2. The number of hydrogen-bond acceptors (Lipinski definition) is 6. The normalized spacial score (nSPS) is 16.0. The molecule has 0 aliphatic heterocycles. The number of fused-ring (bicyclic) bond motifs is 2. The van der Waals surface area contributed by atoms with Crippen molar-refractivity contribution in [2.75, 3.05) is 17.4 Å². The fourth-order valence-electron chi connectivity index (χ4n) is 4.29. The minimum atomic E-state index is -3.53. The summed E-state index contributed by atoms with van der Waals surface area (Å²) < 4.78 is 19.3. The standard InChI is InChI=1S/C21H23N5O3S/c22-12-24-30(29,17-7-3-6-16(11-17)23-13-27)26-21(28)25-20-18-8-1-4-14(18)10-15-5-2-9-19(15)20/h3,6-7,10-11,23,27H,1-2,4-5,8-9,13H2,(H2,24,25,26,28,29). The van der Waals surface area contributed by atoms with Crippen LogP contribution in [-0.4, -0.2) is 22.1 Å². The summed E-state index contributed by atoms with van der Waals surface area (Å²) in [5.74, 6) is 0. The number of nitriles is 1. The van der Waals surface area contributed by atoms with Gasteiger partial charge in [-0.05, 0) is 79.0 Å². The quantitative estimate of drug-likeness (QED) is 0.433. The molecular weight excluding hydrogens is 402 g/mol. The van der Waals surface area contributed by atoms with Crippen LogP contribution in [0.2, 0.25) is 0 Å². The van der Waals surface area contributed by atoms with E-state index in [1.807, 2.05) is 0 Å². The first-order valence-electron chi connectivity index (χ1n) is 9.89. The summed E-state index contributed by atoms with van der Waals surface area (Å²) in [6, 6.07) is 7.89. The molecule has 2 aromatic rings. The fraction of sp³-hybridized carbons (Fsp3) is 0.333. The van der Waals surface area contributed by atoms with Crippen molar-refractivity contribution < 1.29 is 14.1 Å². The summed E-state index contributed by atoms with van der Waals surface area (Å²) in [6.45, 7) is -0.307. The molecule has 0 fully saturated rings. The molecule has 0 saturated carbocycles. The molecule has 4 rings (SSSR count). The van der Waals surface area contributed by atoms with Gasteiger partial charge in [-0.15, -0.1) is 0 Å². The van der Waals surface area contributed by atoms with E-state index in [0.717, 1.165) is 55.3 Å². The van der Waals surface area contributed by atoms with E-state index in [-0.39, 0.29) is 11.6 Å². The predicted molar refractivity (Wildman–Crippen MR) is 114 cm³/mol. The lowest BCUT2D eigenvalue weighted by atomic mass is 9.99. The van der Waals surface area contributed by atoms with Gasteiger partial charge in [0.15, 0.2) is 9.92 Å². The van der Waals surface area contributed by atoms with Gasteiger partial charge in [-0.25, -0.2) is 13.7 Å². The highest BCUT2D eigenvalue weighted by atomic mass is 32.2. The van der Waals surface area contributed by atoms with Crippen LogP contribution in [0.15, 0.2) is 39.6 Å². The fourth-order valence-corrected chi connectivity index (χ4v) is 5.53. The Morgan fingerprint density at radius 3 is 2.47 bits per heavy atom. The minimum Gasteiger partial charge on any atom is -0.377 e. The molecule has 156 valence electrons. The maximum absolute atomic E-state index is 13.4. The molecule has 4 N–H and O–H groups in total. The number of benzene rings is 2. The Labute approximate surface area is 175 Å². The Morgan fingerprint density at radius 2 is 1.83 bits per heavy atom. The maximum atomic E-state index is 13.4. The molecule has 30 heavy (non-hydrogen) atoms. The lowest BCUT2D eigenvalue weighted by Gasteiger charge is -2.18. The molecule has 2 aliphatic rings. The van der Waals surface area contributed by atoms with Crippen LogP contribution in [-0.2, 0) is 35.6 Å². The molecule has 8 nitrogen and oxygen atoms in total. The first-order chi connectivity index (χ1) is 14.5. The third-order valence-corrected chi connectivity index (χ3v) is 7.24. The number of aliphatic hydroxyl groups is 1. The molecule has 0 bridgehead atoms. The number of nitrogens with one attached hydrogen (secondary N) is 3. The van der Waals surface area contributed by atoms with Crippen molar-refractivity contribution in [2.24, 2.45) is 4.36 Å². The van der Waals surface area contributed by atoms with Crippen LogP contribution >= 0.6 is 0 Å². The van der Waals surface area contributed by atoms with Crippen molar-refractivity contribution in [3.05, 3.63) is 52.6 Å². The second-order valence-electron chi connectivity index (χ2n) is 7.37. The zero-order valence-electron chi connectivity index (χ0n) is 16.4. The average Bonchev–Trinajstić information content (AvgIpc) is 3.37. The van der Waals surface area contributed by atoms with Gasteiger partial charge in [-0.3, -0.25) is 0 Å². The summed E-state index contributed by atoms with van der Waals surface area (Å²) in [5.41, 5.74) is 6.18. The van der Waals surface area contributed by atoms with Crippen molar-refractivity contribution in [3.8, 4) is 6.19 Å². The van der Waals surface area contributed by atoms with Crippen LogP contribution in [0.1, 0.15) is 35.1 Å². The SMILES string of the molecule is N#CN=S(=O)(NC(=O)Nc1c2c(cc3c1CCC3)CCC2)c1cccc(NCO)c1. The molecule has 0 radical (unpaired) electrons. The molecule has 1 unspecified atom stereocenters. The van der Waals surface area contributed by atoms with Crippen LogP contribution in [0.4, 0.5) is 16.2 Å². The lowest BCUT2D eigenvalue weighted by molar-refractivity contribution is 0.256. The largest absolute Gasteiger partial charge is 0.377 e. The third-order valence-electron chi connectivity index (χ3n) is 5.55. The van der Waals surface area contributed by atoms with Gasteiger partial charge in [0.05, 0.1) is 4.90 Å². The van der Waals surface area contributed by atoms with Crippen molar-refractivity contribution in [1.29, 1.82) is 5.26 Å². The Bertz CT molecular complexity index is 1130. The first kappa shape index (κ1) is 20.2. The number of nitrogens with zero attached hydrogens (tertiary/aromatic N) is 2. The number of urea groups is 1. The van der Waals surface area contributed by atoms with E-state index in [1.165, 1.54) is 23.3 Å². The summed E-state index contributed by atoms with van der Waals surface area (Å²) in [5, 5.41) is 23.7. The van der Waals surface area contributed by atoms with E-state index in [9.17, 15) is 9.00 Å². The van der Waals surface area contributed by atoms with E-state index < -0.39 is 15.9 Å². The summed E-state index contributed by atoms with van der Waals surface area (Å²) in [4.78, 5) is 13.0. The van der Waals surface area contributed by atoms with Gasteiger partial charge >= 0.3 is 6.03 Å². The number of aryl methyl sites for hydroxylation is 2. The molecule has 0 heterocycles. The highest BCUT2D eigenvalue weighted by Crippen LogP contribution is 2.38. The van der Waals surface area contributed by atoms with Gasteiger partial charge in [0.2, 0.25) is 6.19 Å².